The molecule has 0 spiro atoms. The molecule has 2 aromatic rings. The quantitative estimate of drug-likeness (QED) is 0.875. The second-order valence-corrected chi connectivity index (χ2v) is 7.60. The van der Waals surface area contributed by atoms with E-state index in [4.69, 9.17) is 5.11 Å². The van der Waals surface area contributed by atoms with Gasteiger partial charge in [0.2, 0.25) is 0 Å². The average molecular weight is 366 g/mol. The Morgan fingerprint density at radius 1 is 1.32 bits per heavy atom. The fourth-order valence-corrected chi connectivity index (χ4v) is 3.97. The molecule has 0 saturated carbocycles. The van der Waals surface area contributed by atoms with E-state index in [1.165, 1.54) is 30.3 Å². The molecular formula is C11H9BrFNO3S2. The highest BCUT2D eigenvalue weighted by Gasteiger charge is 2.18. The topological polar surface area (TPSA) is 66.4 Å². The van der Waals surface area contributed by atoms with E-state index in [1.54, 1.807) is 0 Å². The van der Waals surface area contributed by atoms with Crippen LogP contribution in [0.25, 0.3) is 0 Å². The number of aliphatic hydroxyl groups excluding tert-OH is 1. The van der Waals surface area contributed by atoms with Crippen LogP contribution in [0.2, 0.25) is 0 Å². The van der Waals surface area contributed by atoms with Crippen molar-refractivity contribution < 1.29 is 17.9 Å². The van der Waals surface area contributed by atoms with Gasteiger partial charge in [0.25, 0.3) is 10.0 Å². The van der Waals surface area contributed by atoms with Gasteiger partial charge < -0.3 is 5.11 Å². The number of sulfonamides is 1. The van der Waals surface area contributed by atoms with Gasteiger partial charge in [0.05, 0.1) is 12.3 Å². The van der Waals surface area contributed by atoms with Gasteiger partial charge in [-0.25, -0.2) is 12.8 Å². The van der Waals surface area contributed by atoms with Gasteiger partial charge in [0.1, 0.15) is 10.0 Å². The molecule has 8 heteroatoms. The molecule has 0 saturated heterocycles. The molecule has 0 aliphatic carbocycles. The summed E-state index contributed by atoms with van der Waals surface area (Å²) in [5, 5.41) is 8.91. The maximum atomic E-state index is 13.6. The minimum Gasteiger partial charge on any atom is -0.391 e. The van der Waals surface area contributed by atoms with E-state index in [1.807, 2.05) is 0 Å². The molecule has 0 fully saturated rings. The number of hydrogen-bond donors (Lipinski definition) is 2. The zero-order chi connectivity index (χ0) is 14.0. The largest absolute Gasteiger partial charge is 0.391 e. The maximum absolute atomic E-state index is 13.6. The first-order valence-corrected chi connectivity index (χ1v) is 8.19. The fourth-order valence-electron chi connectivity index (χ4n) is 1.35. The van der Waals surface area contributed by atoms with Crippen LogP contribution in [-0.2, 0) is 16.6 Å². The molecule has 2 rings (SSSR count). The van der Waals surface area contributed by atoms with Crippen LogP contribution in [0.4, 0.5) is 10.1 Å². The van der Waals surface area contributed by atoms with Crippen LogP contribution in [0.15, 0.2) is 39.0 Å². The van der Waals surface area contributed by atoms with E-state index in [-0.39, 0.29) is 16.5 Å². The van der Waals surface area contributed by atoms with Gasteiger partial charge >= 0.3 is 0 Å². The van der Waals surface area contributed by atoms with E-state index < -0.39 is 15.8 Å². The van der Waals surface area contributed by atoms with Crippen LogP contribution in [0, 0.1) is 5.82 Å². The fraction of sp³-hybridized carbons (Fsp3) is 0.0909. The Bertz CT molecular complexity index is 700. The predicted octanol–water partition coefficient (Wildman–Crippen LogP) is 2.94. The molecule has 1 aromatic carbocycles. The van der Waals surface area contributed by atoms with Crippen molar-refractivity contribution in [3.63, 3.8) is 0 Å². The lowest BCUT2D eigenvalue weighted by Gasteiger charge is -2.07. The van der Waals surface area contributed by atoms with Crippen molar-refractivity contribution >= 4 is 43.0 Å². The molecule has 0 bridgehead atoms. The summed E-state index contributed by atoms with van der Waals surface area (Å²) >= 11 is 4.03. The van der Waals surface area contributed by atoms with Crippen LogP contribution in [0.5, 0.6) is 0 Å². The van der Waals surface area contributed by atoms with Crippen molar-refractivity contribution in [1.29, 1.82) is 0 Å². The van der Waals surface area contributed by atoms with Crippen LogP contribution in [0.1, 0.15) is 4.88 Å². The number of thiophene rings is 1. The van der Waals surface area contributed by atoms with E-state index in [9.17, 15) is 12.8 Å². The van der Waals surface area contributed by atoms with Crippen LogP contribution < -0.4 is 4.72 Å². The minimum absolute atomic E-state index is 0.0267. The normalized spacial score (nSPS) is 11.5. The van der Waals surface area contributed by atoms with Crippen molar-refractivity contribution in [3.05, 3.63) is 45.5 Å². The van der Waals surface area contributed by atoms with Gasteiger partial charge in [-0.2, -0.15) is 0 Å². The van der Waals surface area contributed by atoms with Gasteiger partial charge in [-0.3, -0.25) is 4.72 Å². The summed E-state index contributed by atoms with van der Waals surface area (Å²) in [6, 6.07) is 6.92. The van der Waals surface area contributed by atoms with E-state index in [0.717, 1.165) is 11.3 Å². The first-order chi connectivity index (χ1) is 8.92. The van der Waals surface area contributed by atoms with Gasteiger partial charge in [0, 0.05) is 9.35 Å². The molecule has 1 aromatic heterocycles. The van der Waals surface area contributed by atoms with E-state index >= 15 is 0 Å². The summed E-state index contributed by atoms with van der Waals surface area (Å²) < 4.78 is 40.3. The monoisotopic (exact) mass is 365 g/mol. The number of anilines is 1. The third kappa shape index (κ3) is 3.33. The highest BCUT2D eigenvalue weighted by atomic mass is 79.9. The Morgan fingerprint density at radius 3 is 2.63 bits per heavy atom. The van der Waals surface area contributed by atoms with Gasteiger partial charge in [0.15, 0.2) is 0 Å². The van der Waals surface area contributed by atoms with Crippen molar-refractivity contribution in [2.75, 3.05) is 4.72 Å². The Kier molecular flexibility index (Phi) is 4.24. The maximum Gasteiger partial charge on any atom is 0.271 e. The van der Waals surface area contributed by atoms with Crippen molar-refractivity contribution in [2.24, 2.45) is 0 Å². The lowest BCUT2D eigenvalue weighted by Crippen LogP contribution is -2.12. The lowest BCUT2D eigenvalue weighted by molar-refractivity contribution is 0.285. The Labute approximate surface area is 122 Å². The number of rotatable bonds is 4. The number of hydrogen-bond acceptors (Lipinski definition) is 4. The molecule has 19 heavy (non-hydrogen) atoms. The molecule has 4 nitrogen and oxygen atoms in total. The molecule has 0 unspecified atom stereocenters. The standard InChI is InChI=1S/C11H9BrFNO3S2/c12-7-1-3-10(9(13)5-7)14-19(16,17)11-4-2-8(6-15)18-11/h1-5,14-15H,6H2. The second-order valence-electron chi connectivity index (χ2n) is 3.61. The molecule has 102 valence electrons. The molecule has 1 heterocycles. The third-order valence-electron chi connectivity index (χ3n) is 2.23. The molecule has 0 aliphatic heterocycles. The Morgan fingerprint density at radius 2 is 2.05 bits per heavy atom. The summed E-state index contributed by atoms with van der Waals surface area (Å²) in [4.78, 5) is 0.525. The molecule has 0 aliphatic rings. The molecule has 0 atom stereocenters. The predicted molar refractivity (Wildman–Crippen MR) is 75.2 cm³/mol. The molecule has 0 radical (unpaired) electrons. The van der Waals surface area contributed by atoms with Crippen molar-refractivity contribution in [3.8, 4) is 0 Å². The first-order valence-electron chi connectivity index (χ1n) is 5.10. The summed E-state index contributed by atoms with van der Waals surface area (Å²) in [6.07, 6.45) is 0. The second kappa shape index (κ2) is 5.58. The average Bonchev–Trinajstić information content (AvgIpc) is 2.82. The third-order valence-corrected chi connectivity index (χ3v) is 5.65. The highest BCUT2D eigenvalue weighted by Crippen LogP contribution is 2.26. The Hall–Kier alpha value is -0.960. The minimum atomic E-state index is -3.84. The van der Waals surface area contributed by atoms with Crippen molar-refractivity contribution in [2.45, 2.75) is 10.8 Å². The van der Waals surface area contributed by atoms with Gasteiger partial charge in [-0.1, -0.05) is 15.9 Å². The molecule has 2 N–H and O–H groups in total. The van der Waals surface area contributed by atoms with E-state index in [2.05, 4.69) is 20.7 Å². The first kappa shape index (κ1) is 14.4. The van der Waals surface area contributed by atoms with Crippen LogP contribution in [-0.4, -0.2) is 13.5 Å². The number of nitrogens with one attached hydrogen (secondary N) is 1. The summed E-state index contributed by atoms with van der Waals surface area (Å²) in [5.41, 5.74) is -0.123. The summed E-state index contributed by atoms with van der Waals surface area (Å²) in [6.45, 7) is -0.229. The zero-order valence-electron chi connectivity index (χ0n) is 9.43. The SMILES string of the molecule is O=S(=O)(Nc1ccc(Br)cc1F)c1ccc(CO)s1. The van der Waals surface area contributed by atoms with Crippen LogP contribution >= 0.6 is 27.3 Å². The van der Waals surface area contributed by atoms with Crippen LogP contribution in [0.3, 0.4) is 0 Å². The molecule has 0 amide bonds. The molecular weight excluding hydrogens is 357 g/mol. The number of aliphatic hydroxyl groups is 1. The zero-order valence-corrected chi connectivity index (χ0v) is 12.6. The highest BCUT2D eigenvalue weighted by molar-refractivity contribution is 9.10. The smallest absolute Gasteiger partial charge is 0.271 e. The van der Waals surface area contributed by atoms with Crippen molar-refractivity contribution in [1.82, 2.24) is 0 Å². The number of halogens is 2. The Balaban J connectivity index is 2.30. The lowest BCUT2D eigenvalue weighted by atomic mass is 10.3. The van der Waals surface area contributed by atoms with E-state index in [0.29, 0.717) is 9.35 Å². The summed E-state index contributed by atoms with van der Waals surface area (Å²) in [7, 11) is -3.84. The van der Waals surface area contributed by atoms with Gasteiger partial charge in [-0.15, -0.1) is 11.3 Å². The van der Waals surface area contributed by atoms with Gasteiger partial charge in [-0.05, 0) is 30.3 Å². The summed E-state index contributed by atoms with van der Waals surface area (Å²) in [5.74, 6) is -0.670. The number of benzene rings is 1.